The molecule has 2 N–H and O–H groups in total. The van der Waals surface area contributed by atoms with E-state index in [4.69, 9.17) is 0 Å². The highest BCUT2D eigenvalue weighted by Gasteiger charge is 2.28. The number of aryl methyl sites for hydroxylation is 1. The Morgan fingerprint density at radius 1 is 1.29 bits per heavy atom. The van der Waals surface area contributed by atoms with Crippen molar-refractivity contribution < 1.29 is 8.42 Å². The van der Waals surface area contributed by atoms with Crippen molar-refractivity contribution in [1.82, 2.24) is 10.0 Å². The van der Waals surface area contributed by atoms with E-state index in [-0.39, 0.29) is 17.8 Å². The minimum absolute atomic E-state index is 0. The summed E-state index contributed by atoms with van der Waals surface area (Å²) in [5.41, 5.74) is 1.15. The molecule has 0 aliphatic carbocycles. The van der Waals surface area contributed by atoms with Crippen LogP contribution in [0.25, 0.3) is 0 Å². The van der Waals surface area contributed by atoms with Crippen LogP contribution in [0.15, 0.2) is 29.2 Å². The molecule has 1 aliphatic heterocycles. The second-order valence-corrected chi connectivity index (χ2v) is 7.68. The van der Waals surface area contributed by atoms with Crippen LogP contribution >= 0.6 is 12.4 Å². The molecule has 0 aromatic heterocycles. The Kier molecular flexibility index (Phi) is 6.66. The minimum atomic E-state index is -3.40. The van der Waals surface area contributed by atoms with Crippen LogP contribution in [0.5, 0.6) is 0 Å². The minimum Gasteiger partial charge on any atom is -0.316 e. The van der Waals surface area contributed by atoms with Crippen LogP contribution in [0.3, 0.4) is 0 Å². The van der Waals surface area contributed by atoms with Crippen LogP contribution in [0.4, 0.5) is 0 Å². The average molecular weight is 333 g/mol. The first-order valence-corrected chi connectivity index (χ1v) is 8.73. The van der Waals surface area contributed by atoms with Gasteiger partial charge in [-0.15, -0.1) is 12.4 Å². The van der Waals surface area contributed by atoms with Gasteiger partial charge < -0.3 is 5.32 Å². The standard InChI is InChI=1S/C15H24N2O2S.ClH/c1-3-13-5-7-14(8-6-13)20(18,19)17-12-15(2)9-4-10-16-11-15;/h5-8,16-17H,3-4,9-12H2,1-2H3;1H. The van der Waals surface area contributed by atoms with E-state index in [0.717, 1.165) is 37.9 Å². The Morgan fingerprint density at radius 3 is 2.48 bits per heavy atom. The second kappa shape index (κ2) is 7.58. The first kappa shape index (κ1) is 18.4. The van der Waals surface area contributed by atoms with Crippen LogP contribution in [-0.4, -0.2) is 28.1 Å². The zero-order valence-corrected chi connectivity index (χ0v) is 14.3. The monoisotopic (exact) mass is 332 g/mol. The van der Waals surface area contributed by atoms with Crippen molar-refractivity contribution in [1.29, 1.82) is 0 Å². The van der Waals surface area contributed by atoms with Crippen molar-refractivity contribution in [2.45, 2.75) is 38.0 Å². The number of benzene rings is 1. The van der Waals surface area contributed by atoms with Gasteiger partial charge in [0, 0.05) is 13.1 Å². The summed E-state index contributed by atoms with van der Waals surface area (Å²) >= 11 is 0. The molecule has 0 spiro atoms. The highest BCUT2D eigenvalue weighted by molar-refractivity contribution is 7.89. The number of nitrogens with one attached hydrogen (secondary N) is 2. The third-order valence-electron chi connectivity index (χ3n) is 4.02. The van der Waals surface area contributed by atoms with Gasteiger partial charge in [0.05, 0.1) is 4.90 Å². The van der Waals surface area contributed by atoms with Crippen molar-refractivity contribution >= 4 is 22.4 Å². The molecule has 1 aromatic carbocycles. The van der Waals surface area contributed by atoms with E-state index in [1.54, 1.807) is 12.1 Å². The lowest BCUT2D eigenvalue weighted by molar-refractivity contribution is 0.238. The van der Waals surface area contributed by atoms with Gasteiger partial charge in [0.25, 0.3) is 0 Å². The maximum atomic E-state index is 12.3. The third-order valence-corrected chi connectivity index (χ3v) is 5.43. The fraction of sp³-hybridized carbons (Fsp3) is 0.600. The molecule has 0 amide bonds. The summed E-state index contributed by atoms with van der Waals surface area (Å²) in [5.74, 6) is 0. The lowest BCUT2D eigenvalue weighted by atomic mass is 9.83. The predicted molar refractivity (Wildman–Crippen MR) is 88.5 cm³/mol. The Hall–Kier alpha value is -0.620. The Labute approximate surface area is 134 Å². The molecule has 1 saturated heterocycles. The Morgan fingerprint density at radius 2 is 1.95 bits per heavy atom. The summed E-state index contributed by atoms with van der Waals surface area (Å²) in [5, 5.41) is 3.33. The summed E-state index contributed by atoms with van der Waals surface area (Å²) in [6, 6.07) is 7.11. The van der Waals surface area contributed by atoms with E-state index in [2.05, 4.69) is 23.9 Å². The fourth-order valence-corrected chi connectivity index (χ4v) is 3.73. The molecule has 1 heterocycles. The van der Waals surface area contributed by atoms with E-state index in [9.17, 15) is 8.42 Å². The molecule has 6 heteroatoms. The third kappa shape index (κ3) is 4.95. The van der Waals surface area contributed by atoms with Gasteiger partial charge in [-0.05, 0) is 48.9 Å². The summed E-state index contributed by atoms with van der Waals surface area (Å²) in [7, 11) is -3.40. The number of hydrogen-bond acceptors (Lipinski definition) is 3. The predicted octanol–water partition coefficient (Wildman–Crippen LogP) is 2.34. The lowest BCUT2D eigenvalue weighted by Gasteiger charge is -2.34. The SMILES string of the molecule is CCc1ccc(S(=O)(=O)NCC2(C)CCCNC2)cc1.Cl. The van der Waals surface area contributed by atoms with Gasteiger partial charge in [0.1, 0.15) is 0 Å². The smallest absolute Gasteiger partial charge is 0.240 e. The Balaban J connectivity index is 0.00000220. The van der Waals surface area contributed by atoms with Gasteiger partial charge in [0.2, 0.25) is 10.0 Å². The number of rotatable bonds is 5. The molecule has 1 atom stereocenters. The fourth-order valence-electron chi connectivity index (χ4n) is 2.53. The van der Waals surface area contributed by atoms with Crippen LogP contribution in [0.1, 0.15) is 32.3 Å². The molecule has 21 heavy (non-hydrogen) atoms. The molecule has 1 unspecified atom stereocenters. The highest BCUT2D eigenvalue weighted by Crippen LogP contribution is 2.25. The van der Waals surface area contributed by atoms with Crippen LogP contribution < -0.4 is 10.0 Å². The van der Waals surface area contributed by atoms with Crippen LogP contribution in [0.2, 0.25) is 0 Å². The molecule has 0 bridgehead atoms. The molecule has 4 nitrogen and oxygen atoms in total. The number of halogens is 1. The van der Waals surface area contributed by atoms with E-state index in [1.165, 1.54) is 0 Å². The van der Waals surface area contributed by atoms with E-state index >= 15 is 0 Å². The molecule has 1 aliphatic rings. The van der Waals surface area contributed by atoms with Gasteiger partial charge in [-0.2, -0.15) is 0 Å². The largest absolute Gasteiger partial charge is 0.316 e. The normalized spacial score (nSPS) is 22.6. The molecule has 0 saturated carbocycles. The topological polar surface area (TPSA) is 58.2 Å². The summed E-state index contributed by atoms with van der Waals surface area (Å²) in [4.78, 5) is 0.349. The average Bonchev–Trinajstić information content (AvgIpc) is 2.46. The van der Waals surface area contributed by atoms with Crippen LogP contribution in [0, 0.1) is 5.41 Å². The first-order chi connectivity index (χ1) is 9.45. The highest BCUT2D eigenvalue weighted by atomic mass is 35.5. The molecule has 1 aromatic rings. The van der Waals surface area contributed by atoms with Gasteiger partial charge in [-0.25, -0.2) is 13.1 Å². The lowest BCUT2D eigenvalue weighted by Crippen LogP contribution is -2.45. The molecule has 1 fully saturated rings. The number of hydrogen-bond donors (Lipinski definition) is 2. The summed E-state index contributed by atoms with van der Waals surface area (Å²) in [6.45, 7) is 6.56. The quantitative estimate of drug-likeness (QED) is 0.870. The van der Waals surface area contributed by atoms with E-state index < -0.39 is 10.0 Å². The van der Waals surface area contributed by atoms with E-state index in [0.29, 0.717) is 11.4 Å². The maximum absolute atomic E-state index is 12.3. The number of sulfonamides is 1. The molecular formula is C15H25ClN2O2S. The zero-order chi connectivity index (χ0) is 14.6. The van der Waals surface area contributed by atoms with Gasteiger partial charge >= 0.3 is 0 Å². The number of piperidine rings is 1. The van der Waals surface area contributed by atoms with Gasteiger partial charge in [-0.1, -0.05) is 26.0 Å². The van der Waals surface area contributed by atoms with Gasteiger partial charge in [-0.3, -0.25) is 0 Å². The zero-order valence-electron chi connectivity index (χ0n) is 12.7. The van der Waals surface area contributed by atoms with Crippen molar-refractivity contribution in [3.05, 3.63) is 29.8 Å². The summed E-state index contributed by atoms with van der Waals surface area (Å²) in [6.07, 6.45) is 3.07. The van der Waals surface area contributed by atoms with Gasteiger partial charge in [0.15, 0.2) is 0 Å². The van der Waals surface area contributed by atoms with Crippen molar-refractivity contribution in [2.75, 3.05) is 19.6 Å². The maximum Gasteiger partial charge on any atom is 0.240 e. The molecular weight excluding hydrogens is 308 g/mol. The second-order valence-electron chi connectivity index (χ2n) is 5.91. The molecule has 120 valence electrons. The summed E-state index contributed by atoms with van der Waals surface area (Å²) < 4.78 is 27.3. The van der Waals surface area contributed by atoms with Crippen LogP contribution in [-0.2, 0) is 16.4 Å². The first-order valence-electron chi connectivity index (χ1n) is 7.24. The molecule has 2 rings (SSSR count). The Bertz CT molecular complexity index is 537. The van der Waals surface area contributed by atoms with Crippen molar-refractivity contribution in [3.8, 4) is 0 Å². The van der Waals surface area contributed by atoms with Crippen molar-refractivity contribution in [2.24, 2.45) is 5.41 Å². The molecule has 0 radical (unpaired) electrons. The van der Waals surface area contributed by atoms with Crippen molar-refractivity contribution in [3.63, 3.8) is 0 Å². The van der Waals surface area contributed by atoms with E-state index in [1.807, 2.05) is 12.1 Å².